The van der Waals surface area contributed by atoms with Crippen molar-refractivity contribution in [1.29, 1.82) is 0 Å². The second-order valence-electron chi connectivity index (χ2n) is 33.5. The molecule has 0 aliphatic carbocycles. The largest absolute Gasteiger partial charge is 0.494 e. The van der Waals surface area contributed by atoms with Crippen LogP contribution in [0.25, 0.3) is 157 Å². The second kappa shape index (κ2) is 31.8. The zero-order valence-corrected chi connectivity index (χ0v) is 69.4. The quantitative estimate of drug-likeness (QED) is 0.0773. The Morgan fingerprint density at radius 1 is 0.215 bits per heavy atom. The molecule has 19 nitrogen and oxygen atoms in total. The normalized spacial score (nSPS) is 15.9. The van der Waals surface area contributed by atoms with E-state index in [4.69, 9.17) is 72.8 Å². The Morgan fingerprint density at radius 2 is 0.570 bits per heavy atom. The van der Waals surface area contributed by atoms with E-state index >= 15 is 0 Å². The van der Waals surface area contributed by atoms with E-state index in [0.717, 1.165) is 98.6 Å². The lowest BCUT2D eigenvalue weighted by Crippen LogP contribution is -2.41. The molecule has 3 fully saturated rings. The molecule has 3 saturated heterocycles. The van der Waals surface area contributed by atoms with Gasteiger partial charge in [0.25, 0.3) is 0 Å². The third-order valence-electron chi connectivity index (χ3n) is 23.8. The Labute approximate surface area is 704 Å². The summed E-state index contributed by atoms with van der Waals surface area (Å²) in [6, 6.07) is 91.4. The number of hydrogen-bond acceptors (Lipinski definition) is 19. The first kappa shape index (κ1) is 79.0. The highest BCUT2D eigenvalue weighted by molar-refractivity contribution is 6.63. The van der Waals surface area contributed by atoms with Crippen LogP contribution in [0, 0.1) is 0 Å². The van der Waals surface area contributed by atoms with Crippen molar-refractivity contribution in [3.05, 3.63) is 304 Å². The van der Waals surface area contributed by atoms with Gasteiger partial charge in [-0.25, -0.2) is 44.9 Å². The SMILES string of the molecule is CC1(C)OB(c2ccc(-c3nc(-c4cc5ccccc5cn4)nc(-c4cc5ccccc5cn4)n3)cc2)OC1(C)C.CC1(C)OB(c2ccc(-c3nc(-c4ccccn4)nc(-c4cc5ccccc5c5ccccc45)n3)cc2)OC1(C)C.CC1(C)OB(c2ccc(-c3nc(-c4cccnc4)nc(-c4cccc(-c5ccccc5)c4)n3)cc2)OC1(C)C. The van der Waals surface area contributed by atoms with Gasteiger partial charge < -0.3 is 27.9 Å². The van der Waals surface area contributed by atoms with Crippen molar-refractivity contribution in [3.63, 3.8) is 0 Å². The molecule has 121 heavy (non-hydrogen) atoms. The molecule has 7 aromatic heterocycles. The number of benzene rings is 10. The molecule has 0 unspecified atom stereocenters. The smallest absolute Gasteiger partial charge is 0.399 e. The van der Waals surface area contributed by atoms with E-state index in [0.29, 0.717) is 69.5 Å². The fraction of sp³-hybridized carbons (Fsp3) is 0.182. The van der Waals surface area contributed by atoms with Crippen LogP contribution >= 0.6 is 0 Å². The molecule has 592 valence electrons. The Balaban J connectivity index is 0.000000124. The summed E-state index contributed by atoms with van der Waals surface area (Å²) in [7, 11) is -1.30. The molecule has 10 heterocycles. The highest BCUT2D eigenvalue weighted by atomic mass is 16.7. The zero-order valence-electron chi connectivity index (χ0n) is 69.4. The lowest BCUT2D eigenvalue weighted by atomic mass is 9.79. The maximum Gasteiger partial charge on any atom is 0.494 e. The van der Waals surface area contributed by atoms with Crippen LogP contribution in [0.2, 0.25) is 0 Å². The van der Waals surface area contributed by atoms with Crippen LogP contribution in [0.4, 0.5) is 0 Å². The first-order valence-electron chi connectivity index (χ1n) is 40.6. The molecule has 3 aliphatic heterocycles. The number of rotatable bonds is 13. The second-order valence-corrected chi connectivity index (χ2v) is 33.5. The number of hydrogen-bond donors (Lipinski definition) is 0. The topological polar surface area (TPSA) is 223 Å². The van der Waals surface area contributed by atoms with Gasteiger partial charge in [0.2, 0.25) is 0 Å². The molecule has 0 saturated carbocycles. The first-order valence-corrected chi connectivity index (χ1v) is 40.6. The predicted molar refractivity (Wildman–Crippen MR) is 482 cm³/mol. The average Bonchev–Trinajstić information content (AvgIpc) is 1.67. The van der Waals surface area contributed by atoms with Gasteiger partial charge in [-0.3, -0.25) is 19.9 Å². The van der Waals surface area contributed by atoms with E-state index in [1.54, 1.807) is 18.6 Å². The monoisotopic (exact) mass is 1590 g/mol. The summed E-state index contributed by atoms with van der Waals surface area (Å²) in [5.41, 5.74) is 9.99. The molecule has 0 atom stereocenters. The van der Waals surface area contributed by atoms with Gasteiger partial charge in [0.05, 0.1) is 33.6 Å². The van der Waals surface area contributed by atoms with Crippen LogP contribution in [0.1, 0.15) is 83.1 Å². The number of pyridine rings is 4. The molecule has 0 spiro atoms. The van der Waals surface area contributed by atoms with Crippen LogP contribution in [0.3, 0.4) is 0 Å². The fourth-order valence-electron chi connectivity index (χ4n) is 14.7. The lowest BCUT2D eigenvalue weighted by Gasteiger charge is -2.32. The van der Waals surface area contributed by atoms with Crippen molar-refractivity contribution in [2.75, 3.05) is 0 Å². The van der Waals surface area contributed by atoms with Crippen LogP contribution in [0.5, 0.6) is 0 Å². The predicted octanol–water partition coefficient (Wildman–Crippen LogP) is 19.4. The third kappa shape index (κ3) is 16.1. The minimum absolute atomic E-state index is 0.396. The molecule has 10 aromatic carbocycles. The maximum absolute atomic E-state index is 6.25. The molecule has 17 aromatic rings. The molecule has 20 rings (SSSR count). The summed E-state index contributed by atoms with van der Waals surface area (Å²) in [6.07, 6.45) is 8.96. The minimum atomic E-state index is -0.442. The average molecular weight is 1590 g/mol. The lowest BCUT2D eigenvalue weighted by molar-refractivity contribution is 0.00578. The summed E-state index contributed by atoms with van der Waals surface area (Å²) in [5.74, 6) is 4.98. The van der Waals surface area contributed by atoms with Crippen molar-refractivity contribution < 1.29 is 27.9 Å². The van der Waals surface area contributed by atoms with E-state index in [1.807, 2.05) is 194 Å². The minimum Gasteiger partial charge on any atom is -0.399 e. The summed E-state index contributed by atoms with van der Waals surface area (Å²) < 4.78 is 37.4. The fourth-order valence-corrected chi connectivity index (χ4v) is 14.7. The van der Waals surface area contributed by atoms with E-state index in [2.05, 4.69) is 194 Å². The van der Waals surface area contributed by atoms with Crippen molar-refractivity contribution in [2.45, 2.75) is 117 Å². The van der Waals surface area contributed by atoms with Gasteiger partial charge >= 0.3 is 21.4 Å². The summed E-state index contributed by atoms with van der Waals surface area (Å²) in [4.78, 5) is 62.2. The molecular formula is C99H86B3N13O6. The molecule has 22 heteroatoms. The highest BCUT2D eigenvalue weighted by Crippen LogP contribution is 2.42. The van der Waals surface area contributed by atoms with Crippen LogP contribution in [-0.4, -0.2) is 120 Å². The third-order valence-corrected chi connectivity index (χ3v) is 23.8. The van der Waals surface area contributed by atoms with Gasteiger partial charge in [0.15, 0.2) is 52.4 Å². The van der Waals surface area contributed by atoms with Crippen molar-refractivity contribution in [3.8, 4) is 114 Å². The van der Waals surface area contributed by atoms with E-state index < -0.39 is 55.0 Å². The van der Waals surface area contributed by atoms with Crippen LogP contribution < -0.4 is 16.4 Å². The van der Waals surface area contributed by atoms with E-state index in [9.17, 15) is 0 Å². The Kier molecular flexibility index (Phi) is 20.8. The highest BCUT2D eigenvalue weighted by Gasteiger charge is 2.54. The van der Waals surface area contributed by atoms with Crippen molar-refractivity contribution in [1.82, 2.24) is 64.8 Å². The summed E-state index contributed by atoms with van der Waals surface area (Å²) >= 11 is 0. The Morgan fingerprint density at radius 3 is 1.03 bits per heavy atom. The number of aromatic nitrogens is 13. The maximum atomic E-state index is 6.25. The van der Waals surface area contributed by atoms with Crippen molar-refractivity contribution >= 4 is 80.8 Å². The molecule has 0 N–H and O–H groups in total. The van der Waals surface area contributed by atoms with Gasteiger partial charge in [0.1, 0.15) is 17.1 Å². The van der Waals surface area contributed by atoms with Crippen LogP contribution in [-0.2, 0) is 27.9 Å². The number of fused-ring (bicyclic) bond motifs is 5. The molecule has 3 aliphatic rings. The number of nitrogens with zero attached hydrogens (tertiary/aromatic N) is 13. The summed E-state index contributed by atoms with van der Waals surface area (Å²) in [5, 5.41) is 8.83. The van der Waals surface area contributed by atoms with Gasteiger partial charge in [-0.15, -0.1) is 0 Å². The van der Waals surface area contributed by atoms with E-state index in [1.165, 1.54) is 5.39 Å². The molecule has 0 amide bonds. The van der Waals surface area contributed by atoms with Gasteiger partial charge in [-0.05, 0) is 191 Å². The van der Waals surface area contributed by atoms with Gasteiger partial charge in [0, 0.05) is 75.1 Å². The zero-order chi connectivity index (χ0) is 83.4. The van der Waals surface area contributed by atoms with Crippen LogP contribution in [0.15, 0.2) is 304 Å². The summed E-state index contributed by atoms with van der Waals surface area (Å²) in [6.45, 7) is 24.7. The Hall–Kier alpha value is -13.2. The first-order chi connectivity index (χ1) is 58.3. The molecular weight excluding hydrogens is 1500 g/mol. The Bertz CT molecular complexity index is 6570. The van der Waals surface area contributed by atoms with Gasteiger partial charge in [-0.2, -0.15) is 0 Å². The standard InChI is InChI=1S/C34H29BN4O2.C33H28BN5O2.C32H29BN4O2/c1-33(2)34(3,4)41-35(40-33)24-18-16-22(17-19-24)30-37-31(39-32(38-30)29-15-9-10-20-36-29)28-21-23-11-5-6-12-25(23)26-13-7-8-14-27(26)28;1-32(2)33(3,4)41-34(40-32)26-15-13-21(14-16-26)29-37-30(27-17-22-9-5-7-11-24(22)19-35-27)39-31(38-29)28-18-23-10-6-8-12-25(23)20-36-28;1-31(2)32(3,4)39-33(38-31)27-17-15-23(16-18-27)28-35-29(37-30(36-28)26-14-9-19-34-21-26)25-13-8-12-24(20-25)22-10-6-5-7-11-22/h5-21H,1-4H3;5-20H,1-4H3;5-21H,1-4H3. The molecule has 0 radical (unpaired) electrons. The van der Waals surface area contributed by atoms with Gasteiger partial charge in [-0.1, -0.05) is 224 Å². The van der Waals surface area contributed by atoms with Crippen molar-refractivity contribution in [2.24, 2.45) is 0 Å². The molecule has 0 bridgehead atoms. The van der Waals surface area contributed by atoms with E-state index in [-0.39, 0.29) is 0 Å².